The summed E-state index contributed by atoms with van der Waals surface area (Å²) in [7, 11) is 0. The molecule has 2 fully saturated rings. The van der Waals surface area contributed by atoms with Gasteiger partial charge in [-0.15, -0.1) is 0 Å². The monoisotopic (exact) mass is 588 g/mol. The topological polar surface area (TPSA) is 133 Å². The SMILES string of the molecule is C[C@@H](NC(=O)CN1CCOCC1)C(=O)C[C@@H](Cc1c[nH]c2ccccc12)C(=O)N[C@@H](Cc1ccccc1)C(=O)[C@@]1(C)CO1. The quantitative estimate of drug-likeness (QED) is 0.246. The van der Waals surface area contributed by atoms with E-state index in [4.69, 9.17) is 9.47 Å². The fourth-order valence-electron chi connectivity index (χ4n) is 5.54. The molecule has 2 aliphatic heterocycles. The maximum Gasteiger partial charge on any atom is 0.234 e. The van der Waals surface area contributed by atoms with Gasteiger partial charge in [-0.1, -0.05) is 48.5 Å². The number of H-pyrrole nitrogens is 1. The summed E-state index contributed by atoms with van der Waals surface area (Å²) in [5, 5.41) is 6.74. The van der Waals surface area contributed by atoms with Crippen molar-refractivity contribution >= 4 is 34.3 Å². The maximum atomic E-state index is 13.9. The minimum Gasteiger partial charge on any atom is -0.379 e. The molecule has 4 atom stereocenters. The standard InChI is InChI=1S/C33H40N4O6/c1-22(35-30(39)20-37-12-14-42-15-13-37)29(38)18-24(17-25-19-34-27-11-7-6-10-26(25)27)32(41)36-28(31(40)33(2)21-43-33)16-23-8-4-3-5-9-23/h3-11,19,22,24,28,34H,12-18,20-21H2,1-2H3,(H,35,39)(H,36,41)/t22-,24-,28+,33-/m1/s1. The fourth-order valence-corrected chi connectivity index (χ4v) is 5.54. The van der Waals surface area contributed by atoms with Gasteiger partial charge in [0.2, 0.25) is 11.8 Å². The molecule has 0 saturated carbocycles. The molecule has 0 radical (unpaired) electrons. The first-order valence-electron chi connectivity index (χ1n) is 14.9. The Morgan fingerprint density at radius 1 is 0.977 bits per heavy atom. The van der Waals surface area contributed by atoms with Crippen molar-refractivity contribution in [1.29, 1.82) is 0 Å². The Morgan fingerprint density at radius 3 is 2.40 bits per heavy atom. The molecule has 3 aromatic rings. The average Bonchev–Trinajstić information content (AvgIpc) is 3.64. The van der Waals surface area contributed by atoms with Gasteiger partial charge in [-0.05, 0) is 43.9 Å². The zero-order chi connectivity index (χ0) is 30.4. The molecule has 1 aromatic heterocycles. The van der Waals surface area contributed by atoms with Crippen LogP contribution in [0.2, 0.25) is 0 Å². The number of carbonyl (C=O) groups excluding carboxylic acids is 4. The van der Waals surface area contributed by atoms with Gasteiger partial charge in [0.25, 0.3) is 0 Å². The zero-order valence-corrected chi connectivity index (χ0v) is 24.8. The van der Waals surface area contributed by atoms with Crippen LogP contribution in [0.25, 0.3) is 10.9 Å². The van der Waals surface area contributed by atoms with E-state index in [9.17, 15) is 19.2 Å². The summed E-state index contributed by atoms with van der Waals surface area (Å²) in [6, 6.07) is 15.7. The summed E-state index contributed by atoms with van der Waals surface area (Å²) in [6.45, 7) is 6.35. The first-order chi connectivity index (χ1) is 20.7. The van der Waals surface area contributed by atoms with Crippen molar-refractivity contribution in [3.63, 3.8) is 0 Å². The second-order valence-corrected chi connectivity index (χ2v) is 11.7. The van der Waals surface area contributed by atoms with Crippen LogP contribution in [0.15, 0.2) is 60.8 Å². The summed E-state index contributed by atoms with van der Waals surface area (Å²) in [6.07, 6.45) is 2.36. The van der Waals surface area contributed by atoms with E-state index in [0.29, 0.717) is 39.3 Å². The Labute approximate surface area is 251 Å². The highest BCUT2D eigenvalue weighted by Gasteiger charge is 2.50. The van der Waals surface area contributed by atoms with Crippen LogP contribution in [-0.2, 0) is 41.5 Å². The lowest BCUT2D eigenvalue weighted by atomic mass is 9.89. The second-order valence-electron chi connectivity index (χ2n) is 11.7. The lowest BCUT2D eigenvalue weighted by molar-refractivity contribution is -0.134. The van der Waals surface area contributed by atoms with Crippen LogP contribution in [0.4, 0.5) is 0 Å². The average molecular weight is 589 g/mol. The molecular formula is C33H40N4O6. The van der Waals surface area contributed by atoms with E-state index in [2.05, 4.69) is 15.6 Å². The van der Waals surface area contributed by atoms with Crippen LogP contribution < -0.4 is 10.6 Å². The van der Waals surface area contributed by atoms with E-state index < -0.39 is 23.6 Å². The Kier molecular flexibility index (Phi) is 9.69. The Morgan fingerprint density at radius 2 is 1.67 bits per heavy atom. The van der Waals surface area contributed by atoms with Gasteiger partial charge in [-0.25, -0.2) is 0 Å². The van der Waals surface area contributed by atoms with E-state index >= 15 is 0 Å². The lowest BCUT2D eigenvalue weighted by Gasteiger charge is -2.26. The number of hydrogen-bond acceptors (Lipinski definition) is 7. The first kappa shape index (κ1) is 30.6. The highest BCUT2D eigenvalue weighted by molar-refractivity contribution is 5.98. The van der Waals surface area contributed by atoms with E-state index in [-0.39, 0.29) is 42.8 Å². The lowest BCUT2D eigenvalue weighted by Crippen LogP contribution is -2.50. The third-order valence-corrected chi connectivity index (χ3v) is 8.31. The molecule has 0 bridgehead atoms. The molecule has 2 aromatic carbocycles. The number of aromatic amines is 1. The highest BCUT2D eigenvalue weighted by atomic mass is 16.6. The molecule has 3 heterocycles. The molecule has 10 heteroatoms. The van der Waals surface area contributed by atoms with Gasteiger partial charge in [0.05, 0.1) is 38.4 Å². The third kappa shape index (κ3) is 7.95. The summed E-state index contributed by atoms with van der Waals surface area (Å²) >= 11 is 0. The molecular weight excluding hydrogens is 548 g/mol. The number of aromatic nitrogens is 1. The molecule has 10 nitrogen and oxygen atoms in total. The van der Waals surface area contributed by atoms with Crippen LogP contribution in [0, 0.1) is 5.92 Å². The van der Waals surface area contributed by atoms with Gasteiger partial charge in [0, 0.05) is 42.5 Å². The minimum absolute atomic E-state index is 0.0929. The number of para-hydroxylation sites is 1. The van der Waals surface area contributed by atoms with Gasteiger partial charge < -0.3 is 25.1 Å². The largest absolute Gasteiger partial charge is 0.379 e. The van der Waals surface area contributed by atoms with Crippen molar-refractivity contribution in [2.45, 2.75) is 50.8 Å². The number of nitrogens with zero attached hydrogens (tertiary/aromatic N) is 1. The zero-order valence-electron chi connectivity index (χ0n) is 24.8. The number of ketones is 2. The van der Waals surface area contributed by atoms with Crippen molar-refractivity contribution in [2.24, 2.45) is 5.92 Å². The van der Waals surface area contributed by atoms with Gasteiger partial charge >= 0.3 is 0 Å². The van der Waals surface area contributed by atoms with Gasteiger partial charge in [0.15, 0.2) is 11.6 Å². The van der Waals surface area contributed by atoms with E-state index in [1.807, 2.05) is 65.7 Å². The van der Waals surface area contributed by atoms with Crippen molar-refractivity contribution in [1.82, 2.24) is 20.5 Å². The highest BCUT2D eigenvalue weighted by Crippen LogP contribution is 2.29. The molecule has 228 valence electrons. The number of benzene rings is 2. The van der Waals surface area contributed by atoms with E-state index in [1.54, 1.807) is 13.8 Å². The number of Topliss-reactive ketones (excluding diaryl/α,β-unsaturated/α-hetero) is 2. The summed E-state index contributed by atoms with van der Waals surface area (Å²) in [5.74, 6) is -1.83. The second kappa shape index (κ2) is 13.6. The molecule has 43 heavy (non-hydrogen) atoms. The molecule has 5 rings (SSSR count). The van der Waals surface area contributed by atoms with Crippen molar-refractivity contribution in [3.05, 3.63) is 71.9 Å². The number of carbonyl (C=O) groups is 4. The van der Waals surface area contributed by atoms with E-state index in [1.165, 1.54) is 0 Å². The summed E-state index contributed by atoms with van der Waals surface area (Å²) in [5.41, 5.74) is 1.82. The summed E-state index contributed by atoms with van der Waals surface area (Å²) < 4.78 is 10.8. The van der Waals surface area contributed by atoms with Crippen LogP contribution in [0.3, 0.4) is 0 Å². The van der Waals surface area contributed by atoms with Crippen LogP contribution in [0.5, 0.6) is 0 Å². The van der Waals surface area contributed by atoms with Crippen molar-refractivity contribution in [3.8, 4) is 0 Å². The number of amides is 2. The molecule has 3 N–H and O–H groups in total. The smallest absolute Gasteiger partial charge is 0.234 e. The van der Waals surface area contributed by atoms with Gasteiger partial charge in [0.1, 0.15) is 5.60 Å². The number of rotatable bonds is 14. The predicted molar refractivity (Wildman–Crippen MR) is 161 cm³/mol. The molecule has 2 saturated heterocycles. The van der Waals surface area contributed by atoms with Crippen LogP contribution in [-0.4, -0.2) is 90.4 Å². The molecule has 2 amide bonds. The molecule has 0 aliphatic carbocycles. The number of ether oxygens (including phenoxy) is 2. The summed E-state index contributed by atoms with van der Waals surface area (Å²) in [4.78, 5) is 58.7. The first-order valence-corrected chi connectivity index (χ1v) is 14.9. The molecule has 0 unspecified atom stereocenters. The fraction of sp³-hybridized carbons (Fsp3) is 0.455. The number of epoxide rings is 1. The van der Waals surface area contributed by atoms with Crippen molar-refractivity contribution in [2.75, 3.05) is 39.5 Å². The van der Waals surface area contributed by atoms with Crippen LogP contribution >= 0.6 is 0 Å². The predicted octanol–water partition coefficient (Wildman–Crippen LogP) is 2.21. The molecule has 2 aliphatic rings. The van der Waals surface area contributed by atoms with E-state index in [0.717, 1.165) is 22.0 Å². The Balaban J connectivity index is 1.31. The Hall–Kier alpha value is -3.86. The van der Waals surface area contributed by atoms with Gasteiger partial charge in [-0.2, -0.15) is 0 Å². The van der Waals surface area contributed by atoms with Gasteiger partial charge in [-0.3, -0.25) is 24.1 Å². The molecule has 0 spiro atoms. The number of hydrogen-bond donors (Lipinski definition) is 3. The number of fused-ring (bicyclic) bond motifs is 1. The third-order valence-electron chi connectivity index (χ3n) is 8.31. The maximum absolute atomic E-state index is 13.9. The van der Waals surface area contributed by atoms with Crippen molar-refractivity contribution < 1.29 is 28.7 Å². The minimum atomic E-state index is -0.922. The number of morpholine rings is 1. The Bertz CT molecular complexity index is 1440. The number of nitrogens with one attached hydrogen (secondary N) is 3. The van der Waals surface area contributed by atoms with Crippen LogP contribution in [0.1, 0.15) is 31.4 Å². The normalized spacial score (nSPS) is 20.6.